The van der Waals surface area contributed by atoms with Crippen molar-refractivity contribution < 1.29 is 14.3 Å². The number of hydrogen-bond donors (Lipinski definition) is 1. The summed E-state index contributed by atoms with van der Waals surface area (Å²) >= 11 is 1.30. The van der Waals surface area contributed by atoms with Gasteiger partial charge in [-0.05, 0) is 13.8 Å². The largest absolute Gasteiger partial charge is 0.464 e. The van der Waals surface area contributed by atoms with Gasteiger partial charge in [-0.25, -0.2) is 9.78 Å². The quantitative estimate of drug-likeness (QED) is 0.815. The Morgan fingerprint density at radius 3 is 3.05 bits per heavy atom. The molecule has 7 heteroatoms. The third-order valence-electron chi connectivity index (χ3n) is 3.00. The Hall–Kier alpha value is -1.47. The molecule has 0 aromatic carbocycles. The standard InChI is InChI=1S/C12H17N3O3S/c1-3-18-12(17)9-6-13-4-5-15(9)11(16)10-8(2)14-7-19-10/h7,9,13H,3-6H2,1-2H3. The summed E-state index contributed by atoms with van der Waals surface area (Å²) in [6, 6.07) is -0.553. The van der Waals surface area contributed by atoms with E-state index in [9.17, 15) is 9.59 Å². The van der Waals surface area contributed by atoms with Gasteiger partial charge in [0.1, 0.15) is 10.9 Å². The molecule has 1 aromatic rings. The van der Waals surface area contributed by atoms with Crippen LogP contribution in [0.5, 0.6) is 0 Å². The predicted octanol–water partition coefficient (Wildman–Crippen LogP) is 0.429. The van der Waals surface area contributed by atoms with E-state index in [1.54, 1.807) is 24.3 Å². The van der Waals surface area contributed by atoms with Gasteiger partial charge in [0, 0.05) is 19.6 Å². The highest BCUT2D eigenvalue weighted by atomic mass is 32.1. The number of nitrogens with one attached hydrogen (secondary N) is 1. The highest BCUT2D eigenvalue weighted by Crippen LogP contribution is 2.18. The molecule has 1 aliphatic heterocycles. The average Bonchev–Trinajstić information content (AvgIpc) is 2.84. The second-order valence-electron chi connectivity index (χ2n) is 4.24. The monoisotopic (exact) mass is 283 g/mol. The van der Waals surface area contributed by atoms with Gasteiger partial charge in [0.05, 0.1) is 17.8 Å². The minimum absolute atomic E-state index is 0.139. The van der Waals surface area contributed by atoms with E-state index in [4.69, 9.17) is 4.74 Å². The number of carbonyl (C=O) groups is 2. The van der Waals surface area contributed by atoms with Crippen molar-refractivity contribution in [2.45, 2.75) is 19.9 Å². The Bertz CT molecular complexity index is 475. The molecule has 1 N–H and O–H groups in total. The van der Waals surface area contributed by atoms with E-state index in [2.05, 4.69) is 10.3 Å². The molecule has 0 spiro atoms. The van der Waals surface area contributed by atoms with Crippen molar-refractivity contribution in [3.05, 3.63) is 16.1 Å². The summed E-state index contributed by atoms with van der Waals surface area (Å²) in [6.07, 6.45) is 0. The number of hydrogen-bond acceptors (Lipinski definition) is 6. The maximum atomic E-state index is 12.5. The average molecular weight is 283 g/mol. The van der Waals surface area contributed by atoms with Crippen LogP contribution in [0, 0.1) is 6.92 Å². The summed E-state index contributed by atoms with van der Waals surface area (Å²) < 4.78 is 5.02. The first-order valence-corrected chi connectivity index (χ1v) is 7.11. The van der Waals surface area contributed by atoms with Gasteiger partial charge < -0.3 is 15.0 Å². The summed E-state index contributed by atoms with van der Waals surface area (Å²) in [5, 5.41) is 3.11. The van der Waals surface area contributed by atoms with E-state index < -0.39 is 6.04 Å². The van der Waals surface area contributed by atoms with Crippen LogP contribution >= 0.6 is 11.3 Å². The molecular weight excluding hydrogens is 266 g/mol. The van der Waals surface area contributed by atoms with Crippen LogP contribution in [0.25, 0.3) is 0 Å². The third kappa shape index (κ3) is 2.93. The van der Waals surface area contributed by atoms with Crippen molar-refractivity contribution in [2.24, 2.45) is 0 Å². The molecule has 2 heterocycles. The maximum Gasteiger partial charge on any atom is 0.330 e. The fourth-order valence-electron chi connectivity index (χ4n) is 2.03. The van der Waals surface area contributed by atoms with Gasteiger partial charge in [0.25, 0.3) is 5.91 Å². The van der Waals surface area contributed by atoms with Crippen LogP contribution in [-0.4, -0.2) is 54.0 Å². The first kappa shape index (κ1) is 14.0. The van der Waals surface area contributed by atoms with Gasteiger partial charge in [-0.2, -0.15) is 0 Å². The molecule has 2 rings (SSSR count). The number of thiazole rings is 1. The number of aryl methyl sites for hydroxylation is 1. The van der Waals surface area contributed by atoms with Crippen LogP contribution in [-0.2, 0) is 9.53 Å². The molecule has 1 fully saturated rings. The van der Waals surface area contributed by atoms with Crippen LogP contribution in [0.2, 0.25) is 0 Å². The van der Waals surface area contributed by atoms with E-state index in [1.807, 2.05) is 0 Å². The first-order valence-electron chi connectivity index (χ1n) is 6.23. The summed E-state index contributed by atoms with van der Waals surface area (Å²) in [6.45, 7) is 5.48. The summed E-state index contributed by atoms with van der Waals surface area (Å²) in [7, 11) is 0. The second-order valence-corrected chi connectivity index (χ2v) is 5.09. The molecule has 1 saturated heterocycles. The van der Waals surface area contributed by atoms with Gasteiger partial charge >= 0.3 is 5.97 Å². The SMILES string of the molecule is CCOC(=O)C1CNCCN1C(=O)c1scnc1C. The van der Waals surface area contributed by atoms with Crippen molar-refractivity contribution in [3.8, 4) is 0 Å². The number of carbonyl (C=O) groups excluding carboxylic acids is 2. The molecule has 0 saturated carbocycles. The lowest BCUT2D eigenvalue weighted by Crippen LogP contribution is -2.57. The highest BCUT2D eigenvalue weighted by Gasteiger charge is 2.34. The number of piperazine rings is 1. The number of aromatic nitrogens is 1. The van der Waals surface area contributed by atoms with Crippen molar-refractivity contribution in [2.75, 3.05) is 26.2 Å². The lowest BCUT2D eigenvalue weighted by Gasteiger charge is -2.34. The Balaban J connectivity index is 2.18. The zero-order valence-corrected chi connectivity index (χ0v) is 11.8. The molecule has 1 aromatic heterocycles. The van der Waals surface area contributed by atoms with E-state index >= 15 is 0 Å². The Morgan fingerprint density at radius 2 is 2.42 bits per heavy atom. The summed E-state index contributed by atoms with van der Waals surface area (Å²) in [5.41, 5.74) is 2.35. The second kappa shape index (κ2) is 6.12. The van der Waals surface area contributed by atoms with Gasteiger partial charge in [0.15, 0.2) is 0 Å². The molecule has 0 bridgehead atoms. The van der Waals surface area contributed by atoms with Crippen molar-refractivity contribution >= 4 is 23.2 Å². The van der Waals surface area contributed by atoms with Crippen molar-refractivity contribution in [1.82, 2.24) is 15.2 Å². The topological polar surface area (TPSA) is 71.5 Å². The van der Waals surface area contributed by atoms with Gasteiger partial charge in [-0.3, -0.25) is 4.79 Å². The molecule has 0 radical (unpaired) electrons. The van der Waals surface area contributed by atoms with Crippen LogP contribution in [0.3, 0.4) is 0 Å². The molecular formula is C12H17N3O3S. The Morgan fingerprint density at radius 1 is 1.63 bits per heavy atom. The lowest BCUT2D eigenvalue weighted by molar-refractivity contribution is -0.149. The lowest BCUT2D eigenvalue weighted by atomic mass is 10.1. The highest BCUT2D eigenvalue weighted by molar-refractivity contribution is 7.11. The van der Waals surface area contributed by atoms with Crippen LogP contribution in [0.4, 0.5) is 0 Å². The van der Waals surface area contributed by atoms with Crippen molar-refractivity contribution in [3.63, 3.8) is 0 Å². The third-order valence-corrected chi connectivity index (χ3v) is 3.92. The molecule has 104 valence electrons. The first-order chi connectivity index (χ1) is 9.15. The van der Waals surface area contributed by atoms with E-state index in [0.717, 1.165) is 0 Å². The molecule has 0 aliphatic carbocycles. The fourth-order valence-corrected chi connectivity index (χ4v) is 2.79. The van der Waals surface area contributed by atoms with E-state index in [0.29, 0.717) is 36.8 Å². The van der Waals surface area contributed by atoms with Gasteiger partial charge in [-0.15, -0.1) is 11.3 Å². The van der Waals surface area contributed by atoms with E-state index in [1.165, 1.54) is 11.3 Å². The summed E-state index contributed by atoms with van der Waals surface area (Å²) in [4.78, 5) is 30.6. The minimum atomic E-state index is -0.553. The number of amides is 1. The van der Waals surface area contributed by atoms with Gasteiger partial charge in [-0.1, -0.05) is 0 Å². The molecule has 1 unspecified atom stereocenters. The Kier molecular flexibility index (Phi) is 4.49. The van der Waals surface area contributed by atoms with Crippen LogP contribution < -0.4 is 5.32 Å². The molecule has 1 atom stereocenters. The molecule has 6 nitrogen and oxygen atoms in total. The zero-order valence-electron chi connectivity index (χ0n) is 11.0. The number of rotatable bonds is 3. The molecule has 19 heavy (non-hydrogen) atoms. The number of nitrogens with zero attached hydrogens (tertiary/aromatic N) is 2. The fraction of sp³-hybridized carbons (Fsp3) is 0.583. The number of esters is 1. The van der Waals surface area contributed by atoms with Gasteiger partial charge in [0.2, 0.25) is 0 Å². The Labute approximate surface area is 115 Å². The van der Waals surface area contributed by atoms with Crippen molar-refractivity contribution in [1.29, 1.82) is 0 Å². The van der Waals surface area contributed by atoms with Crippen LogP contribution in [0.15, 0.2) is 5.51 Å². The smallest absolute Gasteiger partial charge is 0.330 e. The predicted molar refractivity (Wildman–Crippen MR) is 71.2 cm³/mol. The number of ether oxygens (including phenoxy) is 1. The molecule has 1 amide bonds. The minimum Gasteiger partial charge on any atom is -0.464 e. The normalized spacial score (nSPS) is 19.3. The zero-order chi connectivity index (χ0) is 13.8. The molecule has 1 aliphatic rings. The van der Waals surface area contributed by atoms with E-state index in [-0.39, 0.29) is 11.9 Å². The van der Waals surface area contributed by atoms with Crippen LogP contribution in [0.1, 0.15) is 22.3 Å². The summed E-state index contributed by atoms with van der Waals surface area (Å²) in [5.74, 6) is -0.496. The maximum absolute atomic E-state index is 12.5.